The number of nitrogens with zero attached hydrogens (tertiary/aromatic N) is 3. The Morgan fingerprint density at radius 3 is 2.96 bits per heavy atom. The average molecular weight is 503 g/mol. The van der Waals surface area contributed by atoms with E-state index in [0.29, 0.717) is 25.0 Å². The number of aromatic nitrogens is 1. The second kappa shape index (κ2) is 10.1. The van der Waals surface area contributed by atoms with Crippen LogP contribution in [0.5, 0.6) is 0 Å². The Morgan fingerprint density at radius 1 is 1.44 bits per heavy atom. The number of aliphatic imine (C=N–C) groups is 1. The van der Waals surface area contributed by atoms with Crippen LogP contribution in [-0.2, 0) is 24.3 Å². The van der Waals surface area contributed by atoms with Crippen LogP contribution in [0.3, 0.4) is 0 Å². The number of guanidine groups is 1. The summed E-state index contributed by atoms with van der Waals surface area (Å²) in [6, 6.07) is 4.04. The van der Waals surface area contributed by atoms with Crippen molar-refractivity contribution in [1.29, 1.82) is 0 Å². The molecule has 1 amide bonds. The maximum Gasteiger partial charge on any atom is 0.242 e. The number of amides is 1. The molecule has 0 atom stereocenters. The van der Waals surface area contributed by atoms with E-state index < -0.39 is 0 Å². The van der Waals surface area contributed by atoms with Gasteiger partial charge in [-0.15, -0.1) is 35.3 Å². The molecule has 1 aliphatic heterocycles. The third kappa shape index (κ3) is 5.68. The number of halogens is 1. The second-order valence-corrected chi connectivity index (χ2v) is 7.59. The molecule has 1 aliphatic rings. The van der Waals surface area contributed by atoms with Crippen LogP contribution >= 0.6 is 35.3 Å². The van der Waals surface area contributed by atoms with E-state index in [4.69, 9.17) is 4.52 Å². The first-order chi connectivity index (χ1) is 12.6. The Labute approximate surface area is 180 Å². The monoisotopic (exact) mass is 503 g/mol. The normalized spacial score (nSPS) is 13.9. The fourth-order valence-electron chi connectivity index (χ4n) is 2.81. The minimum absolute atomic E-state index is 0. The number of carbonyl (C=O) groups is 1. The van der Waals surface area contributed by atoms with Gasteiger partial charge in [-0.05, 0) is 29.3 Å². The smallest absolute Gasteiger partial charge is 0.242 e. The summed E-state index contributed by atoms with van der Waals surface area (Å²) in [5.41, 5.74) is 2.20. The Bertz CT molecular complexity index is 786. The molecule has 0 radical (unpaired) electrons. The predicted octanol–water partition coefficient (Wildman–Crippen LogP) is 2.73. The van der Waals surface area contributed by atoms with Gasteiger partial charge in [0.05, 0.1) is 18.8 Å². The molecule has 0 unspecified atom stereocenters. The molecule has 0 aliphatic carbocycles. The van der Waals surface area contributed by atoms with E-state index in [9.17, 15) is 4.79 Å². The number of hydrogen-bond donors (Lipinski definition) is 2. The van der Waals surface area contributed by atoms with Crippen molar-refractivity contribution in [3.05, 3.63) is 39.4 Å². The maximum absolute atomic E-state index is 12.5. The van der Waals surface area contributed by atoms with Crippen LogP contribution < -0.4 is 10.6 Å². The largest absolute Gasteiger partial charge is 0.359 e. The van der Waals surface area contributed by atoms with E-state index in [-0.39, 0.29) is 36.4 Å². The van der Waals surface area contributed by atoms with Gasteiger partial charge in [0, 0.05) is 31.1 Å². The fraction of sp³-hybridized carbons (Fsp3) is 0.500. The lowest BCUT2D eigenvalue weighted by Gasteiger charge is -2.27. The maximum atomic E-state index is 12.5. The highest BCUT2D eigenvalue weighted by Gasteiger charge is 2.21. The molecule has 0 saturated carbocycles. The van der Waals surface area contributed by atoms with Crippen LogP contribution in [0.4, 0.5) is 0 Å². The zero-order chi connectivity index (χ0) is 18.5. The minimum atomic E-state index is 0. The van der Waals surface area contributed by atoms with Crippen molar-refractivity contribution in [2.45, 2.75) is 39.3 Å². The molecule has 0 saturated heterocycles. The van der Waals surface area contributed by atoms with E-state index in [1.54, 1.807) is 18.4 Å². The second-order valence-electron chi connectivity index (χ2n) is 6.59. The van der Waals surface area contributed by atoms with Gasteiger partial charge in [0.1, 0.15) is 0 Å². The minimum Gasteiger partial charge on any atom is -0.359 e. The van der Waals surface area contributed by atoms with Crippen molar-refractivity contribution in [2.75, 3.05) is 20.1 Å². The molecule has 148 valence electrons. The lowest BCUT2D eigenvalue weighted by molar-refractivity contribution is -0.130. The van der Waals surface area contributed by atoms with E-state index in [2.05, 4.69) is 46.1 Å². The highest BCUT2D eigenvalue weighted by atomic mass is 127. The zero-order valence-corrected chi connectivity index (χ0v) is 19.0. The summed E-state index contributed by atoms with van der Waals surface area (Å²) in [7, 11) is 1.68. The van der Waals surface area contributed by atoms with Gasteiger partial charge in [0.2, 0.25) is 5.91 Å². The molecule has 27 heavy (non-hydrogen) atoms. The molecule has 0 spiro atoms. The van der Waals surface area contributed by atoms with Crippen LogP contribution in [0.15, 0.2) is 27.0 Å². The number of carbonyl (C=O) groups excluding carboxylic acids is 1. The summed E-state index contributed by atoms with van der Waals surface area (Å²) in [6.07, 6.45) is 0.940. The summed E-state index contributed by atoms with van der Waals surface area (Å²) in [5, 5.41) is 12.3. The lowest BCUT2D eigenvalue weighted by atomic mass is 10.1. The summed E-state index contributed by atoms with van der Waals surface area (Å²) < 4.78 is 5.30. The molecule has 2 aromatic rings. The van der Waals surface area contributed by atoms with Gasteiger partial charge in [-0.1, -0.05) is 19.0 Å². The van der Waals surface area contributed by atoms with Crippen molar-refractivity contribution >= 4 is 47.2 Å². The van der Waals surface area contributed by atoms with Crippen molar-refractivity contribution < 1.29 is 9.32 Å². The number of fused-ring (bicyclic) bond motifs is 1. The molecule has 7 nitrogen and oxygen atoms in total. The highest BCUT2D eigenvalue weighted by Crippen LogP contribution is 2.23. The summed E-state index contributed by atoms with van der Waals surface area (Å²) in [5.74, 6) is 1.71. The van der Waals surface area contributed by atoms with Crippen LogP contribution in [0, 0.1) is 0 Å². The van der Waals surface area contributed by atoms with Gasteiger partial charge in [-0.3, -0.25) is 9.79 Å². The first kappa shape index (κ1) is 21.7. The van der Waals surface area contributed by atoms with Crippen molar-refractivity contribution in [3.8, 4) is 0 Å². The van der Waals surface area contributed by atoms with Crippen molar-refractivity contribution in [1.82, 2.24) is 20.7 Å². The first-order valence-corrected chi connectivity index (χ1v) is 9.67. The van der Waals surface area contributed by atoms with Crippen molar-refractivity contribution in [3.63, 3.8) is 0 Å². The van der Waals surface area contributed by atoms with Crippen LogP contribution in [0.25, 0.3) is 0 Å². The molecule has 9 heteroatoms. The Balaban J connectivity index is 0.00000261. The van der Waals surface area contributed by atoms with Crippen LogP contribution in [0.1, 0.15) is 41.7 Å². The quantitative estimate of drug-likeness (QED) is 0.373. The third-order valence-electron chi connectivity index (χ3n) is 4.39. The molecule has 3 heterocycles. The van der Waals surface area contributed by atoms with E-state index in [1.807, 2.05) is 11.0 Å². The molecule has 3 rings (SSSR count). The molecule has 0 aromatic carbocycles. The number of nitrogens with one attached hydrogen (secondary N) is 2. The van der Waals surface area contributed by atoms with E-state index in [1.165, 1.54) is 10.4 Å². The van der Waals surface area contributed by atoms with E-state index in [0.717, 1.165) is 24.4 Å². The van der Waals surface area contributed by atoms with Gasteiger partial charge in [-0.25, -0.2) is 0 Å². The number of thiophene rings is 1. The average Bonchev–Trinajstić information content (AvgIpc) is 3.30. The van der Waals surface area contributed by atoms with Crippen LogP contribution in [0.2, 0.25) is 0 Å². The van der Waals surface area contributed by atoms with Crippen molar-refractivity contribution in [2.24, 2.45) is 4.99 Å². The Morgan fingerprint density at radius 2 is 2.26 bits per heavy atom. The van der Waals surface area contributed by atoms with Gasteiger partial charge in [-0.2, -0.15) is 0 Å². The summed E-state index contributed by atoms with van der Waals surface area (Å²) in [6.45, 7) is 6.29. The SMILES string of the molecule is CN=C(NCC(=O)N1CCc2sccc2C1)NCc1cc(C(C)C)no1.I. The Kier molecular flexibility index (Phi) is 8.08. The molecule has 0 fully saturated rings. The molecular formula is C18H26IN5O2S. The number of rotatable bonds is 5. The first-order valence-electron chi connectivity index (χ1n) is 8.80. The van der Waals surface area contributed by atoms with Gasteiger partial charge in [0.25, 0.3) is 0 Å². The Hall–Kier alpha value is -1.62. The summed E-state index contributed by atoms with van der Waals surface area (Å²) in [4.78, 5) is 19.9. The predicted molar refractivity (Wildman–Crippen MR) is 118 cm³/mol. The zero-order valence-electron chi connectivity index (χ0n) is 15.8. The molecule has 2 N–H and O–H groups in total. The van der Waals surface area contributed by atoms with Gasteiger partial charge in [0.15, 0.2) is 11.7 Å². The molecular weight excluding hydrogens is 477 g/mol. The molecule has 0 bridgehead atoms. The summed E-state index contributed by atoms with van der Waals surface area (Å²) >= 11 is 1.77. The van der Waals surface area contributed by atoms with Gasteiger partial charge >= 0.3 is 0 Å². The topological polar surface area (TPSA) is 82.8 Å². The van der Waals surface area contributed by atoms with Crippen LogP contribution in [-0.4, -0.2) is 42.1 Å². The fourth-order valence-corrected chi connectivity index (χ4v) is 3.70. The highest BCUT2D eigenvalue weighted by molar-refractivity contribution is 14.0. The molecule has 2 aromatic heterocycles. The third-order valence-corrected chi connectivity index (χ3v) is 5.41. The van der Waals surface area contributed by atoms with Gasteiger partial charge < -0.3 is 20.1 Å². The lowest BCUT2D eigenvalue weighted by Crippen LogP contribution is -2.45. The van der Waals surface area contributed by atoms with E-state index >= 15 is 0 Å². The standard InChI is InChI=1S/C18H25N5O2S.HI/c1-12(2)15-8-14(25-22-15)9-20-18(19-3)21-10-17(24)23-6-4-16-13(11-23)5-7-26-16;/h5,7-8,12H,4,6,9-11H2,1-3H3,(H2,19,20,21);1H. The number of hydrogen-bond acceptors (Lipinski definition) is 5.